The monoisotopic (exact) mass is 248 g/mol. The molecular weight excluding hydrogens is 224 g/mol. The molecule has 0 aliphatic carbocycles. The summed E-state index contributed by atoms with van der Waals surface area (Å²) >= 11 is 0. The van der Waals surface area contributed by atoms with Gasteiger partial charge in [0.15, 0.2) is 0 Å². The standard InChI is InChI=1S/C15H24N2O/c1-10-8-12(14(18-3)9-11(10)2)15(16)13-6-4-5-7-17-13/h8-9,13,15,17H,4-7,16H2,1-3H3. The molecule has 1 fully saturated rings. The predicted octanol–water partition coefficient (Wildman–Crippen LogP) is 2.45. The molecule has 3 heteroatoms. The van der Waals surface area contributed by atoms with E-state index in [1.54, 1.807) is 7.11 Å². The van der Waals surface area contributed by atoms with E-state index in [1.807, 2.05) is 0 Å². The molecule has 0 spiro atoms. The number of aryl methyl sites for hydroxylation is 2. The van der Waals surface area contributed by atoms with Crippen molar-refractivity contribution in [2.75, 3.05) is 13.7 Å². The van der Waals surface area contributed by atoms with E-state index in [4.69, 9.17) is 10.5 Å². The van der Waals surface area contributed by atoms with Crippen LogP contribution in [0.5, 0.6) is 5.75 Å². The largest absolute Gasteiger partial charge is 0.496 e. The van der Waals surface area contributed by atoms with E-state index in [0.717, 1.165) is 24.3 Å². The number of methoxy groups -OCH3 is 1. The highest BCUT2D eigenvalue weighted by Gasteiger charge is 2.24. The maximum atomic E-state index is 6.42. The normalized spacial score (nSPS) is 21.7. The fraction of sp³-hybridized carbons (Fsp3) is 0.600. The van der Waals surface area contributed by atoms with Gasteiger partial charge in [0.05, 0.1) is 7.11 Å². The van der Waals surface area contributed by atoms with Crippen molar-refractivity contribution in [1.82, 2.24) is 5.32 Å². The molecule has 1 aromatic rings. The van der Waals surface area contributed by atoms with Crippen molar-refractivity contribution in [3.63, 3.8) is 0 Å². The van der Waals surface area contributed by atoms with Gasteiger partial charge in [-0.1, -0.05) is 12.5 Å². The molecule has 3 N–H and O–H groups in total. The summed E-state index contributed by atoms with van der Waals surface area (Å²) in [4.78, 5) is 0. The summed E-state index contributed by atoms with van der Waals surface area (Å²) in [7, 11) is 1.72. The predicted molar refractivity (Wildman–Crippen MR) is 75.0 cm³/mol. The second kappa shape index (κ2) is 5.72. The molecule has 1 aliphatic rings. The van der Waals surface area contributed by atoms with Gasteiger partial charge < -0.3 is 15.8 Å². The van der Waals surface area contributed by atoms with Crippen LogP contribution < -0.4 is 15.8 Å². The van der Waals surface area contributed by atoms with Crippen molar-refractivity contribution in [2.45, 2.75) is 45.2 Å². The summed E-state index contributed by atoms with van der Waals surface area (Å²) in [6, 6.07) is 4.65. The second-order valence-electron chi connectivity index (χ2n) is 5.26. The summed E-state index contributed by atoms with van der Waals surface area (Å²) in [5, 5.41) is 3.52. The SMILES string of the molecule is COc1cc(C)c(C)cc1C(N)C1CCCCN1. The Morgan fingerprint density at radius 3 is 2.61 bits per heavy atom. The zero-order valence-electron chi connectivity index (χ0n) is 11.6. The van der Waals surface area contributed by atoms with Gasteiger partial charge in [0.1, 0.15) is 5.75 Å². The van der Waals surface area contributed by atoms with Gasteiger partial charge in [0.2, 0.25) is 0 Å². The third kappa shape index (κ3) is 2.68. The molecule has 0 aromatic heterocycles. The van der Waals surface area contributed by atoms with Crippen LogP contribution in [0.4, 0.5) is 0 Å². The van der Waals surface area contributed by atoms with Crippen LogP contribution in [0.2, 0.25) is 0 Å². The minimum atomic E-state index is 0.0135. The van der Waals surface area contributed by atoms with Crippen LogP contribution in [-0.2, 0) is 0 Å². The molecule has 2 unspecified atom stereocenters. The molecule has 1 heterocycles. The average molecular weight is 248 g/mol. The maximum absolute atomic E-state index is 6.42. The van der Waals surface area contributed by atoms with Crippen LogP contribution in [-0.4, -0.2) is 19.7 Å². The molecule has 1 saturated heterocycles. The molecule has 100 valence electrons. The number of piperidine rings is 1. The van der Waals surface area contributed by atoms with Gasteiger partial charge in [-0.2, -0.15) is 0 Å². The Balaban J connectivity index is 2.27. The Labute approximate surface area is 110 Å². The van der Waals surface area contributed by atoms with Gasteiger partial charge in [-0.15, -0.1) is 0 Å². The Morgan fingerprint density at radius 2 is 2.00 bits per heavy atom. The maximum Gasteiger partial charge on any atom is 0.123 e. The van der Waals surface area contributed by atoms with Gasteiger partial charge >= 0.3 is 0 Å². The van der Waals surface area contributed by atoms with Gasteiger partial charge in [-0.3, -0.25) is 0 Å². The minimum Gasteiger partial charge on any atom is -0.496 e. The van der Waals surface area contributed by atoms with Gasteiger partial charge in [0.25, 0.3) is 0 Å². The van der Waals surface area contributed by atoms with Gasteiger partial charge in [-0.25, -0.2) is 0 Å². The first-order chi connectivity index (χ1) is 8.63. The number of benzene rings is 1. The van der Waals surface area contributed by atoms with Crippen molar-refractivity contribution < 1.29 is 4.74 Å². The molecule has 0 bridgehead atoms. The minimum absolute atomic E-state index is 0.0135. The quantitative estimate of drug-likeness (QED) is 0.864. The molecular formula is C15H24N2O. The Hall–Kier alpha value is -1.06. The number of hydrogen-bond acceptors (Lipinski definition) is 3. The summed E-state index contributed by atoms with van der Waals surface area (Å²) < 4.78 is 5.49. The highest BCUT2D eigenvalue weighted by Crippen LogP contribution is 2.31. The lowest BCUT2D eigenvalue weighted by Gasteiger charge is -2.30. The van der Waals surface area contributed by atoms with Crippen LogP contribution >= 0.6 is 0 Å². The molecule has 0 saturated carbocycles. The van der Waals surface area contributed by atoms with E-state index in [-0.39, 0.29) is 6.04 Å². The van der Waals surface area contributed by atoms with Gasteiger partial charge in [-0.05, 0) is 50.4 Å². The van der Waals surface area contributed by atoms with Crippen LogP contribution in [0.25, 0.3) is 0 Å². The molecule has 0 amide bonds. The highest BCUT2D eigenvalue weighted by atomic mass is 16.5. The first kappa shape index (κ1) is 13.4. The van der Waals surface area contributed by atoms with E-state index in [9.17, 15) is 0 Å². The third-order valence-corrected chi connectivity index (χ3v) is 3.99. The fourth-order valence-electron chi connectivity index (χ4n) is 2.65. The number of nitrogens with one attached hydrogen (secondary N) is 1. The molecule has 18 heavy (non-hydrogen) atoms. The van der Waals surface area contributed by atoms with E-state index in [1.165, 1.54) is 24.0 Å². The third-order valence-electron chi connectivity index (χ3n) is 3.99. The van der Waals surface area contributed by atoms with Gasteiger partial charge in [0, 0.05) is 17.6 Å². The van der Waals surface area contributed by atoms with Crippen molar-refractivity contribution >= 4 is 0 Å². The van der Waals surface area contributed by atoms with E-state index < -0.39 is 0 Å². The summed E-state index contributed by atoms with van der Waals surface area (Å²) in [6.45, 7) is 5.30. The molecule has 3 nitrogen and oxygen atoms in total. The molecule has 2 rings (SSSR count). The lowest BCUT2D eigenvalue weighted by atomic mass is 9.91. The number of ether oxygens (including phenoxy) is 1. The lowest BCUT2D eigenvalue weighted by Crippen LogP contribution is -2.42. The van der Waals surface area contributed by atoms with Crippen LogP contribution in [0.1, 0.15) is 42.0 Å². The Bertz CT molecular complexity index is 411. The first-order valence-corrected chi connectivity index (χ1v) is 6.77. The van der Waals surface area contributed by atoms with E-state index in [2.05, 4.69) is 31.3 Å². The van der Waals surface area contributed by atoms with Crippen molar-refractivity contribution in [3.8, 4) is 5.75 Å². The first-order valence-electron chi connectivity index (χ1n) is 6.77. The van der Waals surface area contributed by atoms with E-state index in [0.29, 0.717) is 6.04 Å². The fourth-order valence-corrected chi connectivity index (χ4v) is 2.65. The Kier molecular flexibility index (Phi) is 4.25. The Morgan fingerprint density at radius 1 is 1.28 bits per heavy atom. The van der Waals surface area contributed by atoms with Crippen molar-refractivity contribution in [2.24, 2.45) is 5.73 Å². The molecule has 1 aromatic carbocycles. The highest BCUT2D eigenvalue weighted by molar-refractivity contribution is 5.44. The van der Waals surface area contributed by atoms with Crippen molar-refractivity contribution in [1.29, 1.82) is 0 Å². The molecule has 0 radical (unpaired) electrons. The number of rotatable bonds is 3. The number of nitrogens with two attached hydrogens (primary N) is 1. The number of hydrogen-bond donors (Lipinski definition) is 2. The smallest absolute Gasteiger partial charge is 0.123 e. The lowest BCUT2D eigenvalue weighted by molar-refractivity contribution is 0.342. The summed E-state index contributed by atoms with van der Waals surface area (Å²) in [6.07, 6.45) is 3.67. The van der Waals surface area contributed by atoms with Crippen LogP contribution in [0.3, 0.4) is 0 Å². The molecule has 1 aliphatic heterocycles. The van der Waals surface area contributed by atoms with E-state index >= 15 is 0 Å². The zero-order chi connectivity index (χ0) is 13.1. The molecule has 2 atom stereocenters. The van der Waals surface area contributed by atoms with Crippen molar-refractivity contribution in [3.05, 3.63) is 28.8 Å². The average Bonchev–Trinajstić information content (AvgIpc) is 2.41. The van der Waals surface area contributed by atoms with Crippen LogP contribution in [0.15, 0.2) is 12.1 Å². The summed E-state index contributed by atoms with van der Waals surface area (Å²) in [5.41, 5.74) is 10.1. The summed E-state index contributed by atoms with van der Waals surface area (Å²) in [5.74, 6) is 0.915. The topological polar surface area (TPSA) is 47.3 Å². The zero-order valence-corrected chi connectivity index (χ0v) is 11.6. The van der Waals surface area contributed by atoms with Crippen LogP contribution in [0, 0.1) is 13.8 Å². The second-order valence-corrected chi connectivity index (χ2v) is 5.26.